The van der Waals surface area contributed by atoms with Crippen LogP contribution in [0.5, 0.6) is 5.75 Å². The Morgan fingerprint density at radius 1 is 1.34 bits per heavy atom. The summed E-state index contributed by atoms with van der Waals surface area (Å²) in [5, 5.41) is 11.6. The van der Waals surface area contributed by atoms with Crippen molar-refractivity contribution in [2.24, 2.45) is 10.9 Å². The number of hydrogen-bond acceptors (Lipinski definition) is 4. The summed E-state index contributed by atoms with van der Waals surface area (Å²) in [6.07, 6.45) is 1.07. The molecule has 1 saturated heterocycles. The summed E-state index contributed by atoms with van der Waals surface area (Å²) in [6, 6.07) is 10.7. The molecule has 0 amide bonds. The SMILES string of the molecule is CN=C(NCC(C)Cn1nc(C)cc1C)NC1CCN(c2ccccc2OC)C1. The Morgan fingerprint density at radius 3 is 2.83 bits per heavy atom. The maximum absolute atomic E-state index is 5.51. The molecule has 7 nitrogen and oxygen atoms in total. The summed E-state index contributed by atoms with van der Waals surface area (Å²) in [5.74, 6) is 2.23. The maximum Gasteiger partial charge on any atom is 0.191 e. The van der Waals surface area contributed by atoms with E-state index in [9.17, 15) is 0 Å². The van der Waals surface area contributed by atoms with Gasteiger partial charge in [-0.15, -0.1) is 0 Å². The fourth-order valence-electron chi connectivity index (χ4n) is 3.87. The van der Waals surface area contributed by atoms with Gasteiger partial charge in [-0.1, -0.05) is 19.1 Å². The van der Waals surface area contributed by atoms with Crippen molar-refractivity contribution in [3.8, 4) is 5.75 Å². The lowest BCUT2D eigenvalue weighted by atomic mass is 10.2. The number of para-hydroxylation sites is 2. The first kappa shape index (κ1) is 21.0. The van der Waals surface area contributed by atoms with Gasteiger partial charge in [-0.2, -0.15) is 5.10 Å². The summed E-state index contributed by atoms with van der Waals surface area (Å²) in [7, 11) is 3.55. The Bertz CT molecular complexity index is 830. The van der Waals surface area contributed by atoms with Crippen LogP contribution in [-0.4, -0.2) is 55.6 Å². The molecule has 0 radical (unpaired) electrons. The molecule has 0 aliphatic carbocycles. The molecule has 2 N–H and O–H groups in total. The zero-order chi connectivity index (χ0) is 20.8. The number of aromatic nitrogens is 2. The zero-order valence-electron chi connectivity index (χ0n) is 18.3. The number of aryl methyl sites for hydroxylation is 2. The number of anilines is 1. The Hall–Kier alpha value is -2.70. The first-order chi connectivity index (χ1) is 14.0. The van der Waals surface area contributed by atoms with Crippen LogP contribution >= 0.6 is 0 Å². The minimum absolute atomic E-state index is 0.359. The normalized spacial score (nSPS) is 18.0. The van der Waals surface area contributed by atoms with Gasteiger partial charge in [0, 0.05) is 45.0 Å². The lowest BCUT2D eigenvalue weighted by Gasteiger charge is -2.22. The number of aliphatic imine (C=N–C) groups is 1. The van der Waals surface area contributed by atoms with Crippen molar-refractivity contribution in [2.45, 2.75) is 39.8 Å². The zero-order valence-corrected chi connectivity index (χ0v) is 18.3. The number of nitrogens with zero attached hydrogens (tertiary/aromatic N) is 4. The second-order valence-corrected chi connectivity index (χ2v) is 7.92. The first-order valence-corrected chi connectivity index (χ1v) is 10.4. The molecular formula is C22H34N6O. The molecule has 1 aromatic heterocycles. The van der Waals surface area contributed by atoms with Gasteiger partial charge in [-0.05, 0) is 44.4 Å². The van der Waals surface area contributed by atoms with Gasteiger partial charge in [0.05, 0.1) is 18.5 Å². The molecule has 0 spiro atoms. The predicted octanol–water partition coefficient (Wildman–Crippen LogP) is 2.59. The Morgan fingerprint density at radius 2 is 2.14 bits per heavy atom. The quantitative estimate of drug-likeness (QED) is 0.554. The molecule has 1 aromatic carbocycles. The Kier molecular flexibility index (Phi) is 7.01. The molecule has 158 valence electrons. The van der Waals surface area contributed by atoms with Crippen LogP contribution in [0.25, 0.3) is 0 Å². The Balaban J connectivity index is 1.48. The fourth-order valence-corrected chi connectivity index (χ4v) is 3.87. The molecule has 1 aliphatic heterocycles. The van der Waals surface area contributed by atoms with Crippen LogP contribution < -0.4 is 20.3 Å². The third-order valence-corrected chi connectivity index (χ3v) is 5.38. The maximum atomic E-state index is 5.51. The lowest BCUT2D eigenvalue weighted by molar-refractivity contribution is 0.415. The van der Waals surface area contributed by atoms with Gasteiger partial charge in [-0.3, -0.25) is 9.67 Å². The van der Waals surface area contributed by atoms with Gasteiger partial charge < -0.3 is 20.3 Å². The van der Waals surface area contributed by atoms with Crippen molar-refractivity contribution in [3.05, 3.63) is 41.7 Å². The molecule has 3 rings (SSSR count). The number of methoxy groups -OCH3 is 1. The number of benzene rings is 1. The third-order valence-electron chi connectivity index (χ3n) is 5.38. The summed E-state index contributed by atoms with van der Waals surface area (Å²) in [4.78, 5) is 6.78. The van der Waals surface area contributed by atoms with Gasteiger partial charge >= 0.3 is 0 Å². The van der Waals surface area contributed by atoms with E-state index >= 15 is 0 Å². The van der Waals surface area contributed by atoms with Crippen LogP contribution in [0, 0.1) is 19.8 Å². The van der Waals surface area contributed by atoms with E-state index < -0.39 is 0 Å². The van der Waals surface area contributed by atoms with E-state index in [4.69, 9.17) is 4.74 Å². The number of ether oxygens (including phenoxy) is 1. The molecule has 0 saturated carbocycles. The molecule has 2 heterocycles. The average Bonchev–Trinajstić information content (AvgIpc) is 3.30. The minimum Gasteiger partial charge on any atom is -0.495 e. The molecule has 2 aromatic rings. The highest BCUT2D eigenvalue weighted by molar-refractivity contribution is 5.80. The van der Waals surface area contributed by atoms with Gasteiger partial charge in [0.2, 0.25) is 0 Å². The standard InChI is InChI=1S/C22H34N6O/c1-16(14-28-18(3)12-17(2)26-28)13-24-22(23-4)25-19-10-11-27(15-19)20-8-6-7-9-21(20)29-5/h6-9,12,16,19H,10-11,13-15H2,1-5H3,(H2,23,24,25). The number of rotatable bonds is 7. The molecule has 1 aliphatic rings. The lowest BCUT2D eigenvalue weighted by Crippen LogP contribution is -2.46. The highest BCUT2D eigenvalue weighted by Crippen LogP contribution is 2.30. The van der Waals surface area contributed by atoms with Crippen molar-refractivity contribution in [3.63, 3.8) is 0 Å². The van der Waals surface area contributed by atoms with Gasteiger partial charge in [0.1, 0.15) is 5.75 Å². The highest BCUT2D eigenvalue weighted by Gasteiger charge is 2.25. The summed E-state index contributed by atoms with van der Waals surface area (Å²) >= 11 is 0. The number of hydrogen-bond donors (Lipinski definition) is 2. The van der Waals surface area contributed by atoms with Crippen LogP contribution in [0.2, 0.25) is 0 Å². The molecular weight excluding hydrogens is 364 g/mol. The van der Waals surface area contributed by atoms with E-state index in [-0.39, 0.29) is 0 Å². The molecule has 29 heavy (non-hydrogen) atoms. The van der Waals surface area contributed by atoms with Crippen LogP contribution in [-0.2, 0) is 6.54 Å². The van der Waals surface area contributed by atoms with Crippen LogP contribution in [0.15, 0.2) is 35.3 Å². The van der Waals surface area contributed by atoms with E-state index in [2.05, 4.69) is 62.4 Å². The van der Waals surface area contributed by atoms with E-state index in [0.29, 0.717) is 12.0 Å². The fraction of sp³-hybridized carbons (Fsp3) is 0.545. The van der Waals surface area contributed by atoms with Gasteiger partial charge in [0.25, 0.3) is 0 Å². The Labute approximate surface area is 174 Å². The van der Waals surface area contributed by atoms with E-state index in [0.717, 1.165) is 55.7 Å². The number of guanidine groups is 1. The minimum atomic E-state index is 0.359. The first-order valence-electron chi connectivity index (χ1n) is 10.4. The average molecular weight is 399 g/mol. The highest BCUT2D eigenvalue weighted by atomic mass is 16.5. The second kappa shape index (κ2) is 9.67. The molecule has 1 fully saturated rings. The van der Waals surface area contributed by atoms with Gasteiger partial charge in [-0.25, -0.2) is 0 Å². The second-order valence-electron chi connectivity index (χ2n) is 7.92. The molecule has 2 unspecified atom stereocenters. The van der Waals surface area contributed by atoms with Crippen LogP contribution in [0.1, 0.15) is 24.7 Å². The van der Waals surface area contributed by atoms with Gasteiger partial charge in [0.15, 0.2) is 5.96 Å². The molecule has 2 atom stereocenters. The summed E-state index contributed by atoms with van der Waals surface area (Å²) in [6.45, 7) is 10.1. The molecule has 0 bridgehead atoms. The van der Waals surface area contributed by atoms with Crippen molar-refractivity contribution < 1.29 is 4.74 Å². The van der Waals surface area contributed by atoms with Crippen molar-refractivity contribution >= 4 is 11.6 Å². The smallest absolute Gasteiger partial charge is 0.191 e. The summed E-state index contributed by atoms with van der Waals surface area (Å²) in [5.41, 5.74) is 3.43. The monoisotopic (exact) mass is 398 g/mol. The van der Waals surface area contributed by atoms with E-state index in [1.807, 2.05) is 26.1 Å². The van der Waals surface area contributed by atoms with Crippen molar-refractivity contribution in [1.29, 1.82) is 0 Å². The van der Waals surface area contributed by atoms with E-state index in [1.54, 1.807) is 7.11 Å². The van der Waals surface area contributed by atoms with Crippen molar-refractivity contribution in [2.75, 3.05) is 38.7 Å². The van der Waals surface area contributed by atoms with Crippen LogP contribution in [0.4, 0.5) is 5.69 Å². The number of nitrogens with one attached hydrogen (secondary N) is 2. The largest absolute Gasteiger partial charge is 0.495 e. The van der Waals surface area contributed by atoms with E-state index in [1.165, 1.54) is 5.69 Å². The van der Waals surface area contributed by atoms with Crippen molar-refractivity contribution in [1.82, 2.24) is 20.4 Å². The predicted molar refractivity (Wildman–Crippen MR) is 119 cm³/mol. The molecule has 7 heteroatoms. The third kappa shape index (κ3) is 5.43. The van der Waals surface area contributed by atoms with Crippen LogP contribution in [0.3, 0.4) is 0 Å². The topological polar surface area (TPSA) is 66.7 Å². The summed E-state index contributed by atoms with van der Waals surface area (Å²) < 4.78 is 7.60.